The van der Waals surface area contributed by atoms with Crippen molar-refractivity contribution in [3.63, 3.8) is 0 Å². The molecule has 172 valence electrons. The molecule has 0 aliphatic carbocycles. The Morgan fingerprint density at radius 1 is 0.970 bits per heavy atom. The van der Waals surface area contributed by atoms with Crippen LogP contribution in [-0.4, -0.2) is 39.0 Å². The lowest BCUT2D eigenvalue weighted by atomic mass is 10.1. The largest absolute Gasteiger partial charge is 0.486 e. The number of nitrogens with zero attached hydrogens (tertiary/aromatic N) is 1. The topological polar surface area (TPSA) is 84.9 Å². The Morgan fingerprint density at radius 3 is 2.52 bits per heavy atom. The fourth-order valence-electron chi connectivity index (χ4n) is 3.63. The van der Waals surface area contributed by atoms with E-state index in [-0.39, 0.29) is 17.3 Å². The van der Waals surface area contributed by atoms with Crippen LogP contribution in [0.25, 0.3) is 0 Å². The number of fused-ring (bicyclic) bond motifs is 1. The molecule has 0 saturated heterocycles. The molecule has 33 heavy (non-hydrogen) atoms. The Morgan fingerprint density at radius 2 is 1.73 bits per heavy atom. The van der Waals surface area contributed by atoms with E-state index in [1.165, 1.54) is 12.1 Å². The number of hydrogen-bond acceptors (Lipinski definition) is 5. The van der Waals surface area contributed by atoms with Crippen LogP contribution in [0.1, 0.15) is 28.4 Å². The maximum atomic E-state index is 13.2. The van der Waals surface area contributed by atoms with E-state index in [0.717, 1.165) is 11.1 Å². The van der Waals surface area contributed by atoms with Crippen molar-refractivity contribution in [2.45, 2.75) is 24.9 Å². The molecule has 0 fully saturated rings. The highest BCUT2D eigenvalue weighted by Gasteiger charge is 2.22. The average molecular weight is 467 g/mol. The number of rotatable bonds is 8. The lowest BCUT2D eigenvalue weighted by Crippen LogP contribution is -2.31. The van der Waals surface area contributed by atoms with Crippen LogP contribution >= 0.6 is 0 Å². The van der Waals surface area contributed by atoms with Gasteiger partial charge in [-0.1, -0.05) is 48.5 Å². The standard InChI is InChI=1S/C25H26N2O5S/c1-2-27(18-21-11-7-13-23-24(21)32-15-14-31-23)25(28)20-10-6-12-22(16-20)33(29,30)26-17-19-8-4-3-5-9-19/h3-13,16,26H,2,14-15,17-18H2,1H3. The molecule has 4 rings (SSSR count). The zero-order valence-corrected chi connectivity index (χ0v) is 19.2. The van der Waals surface area contributed by atoms with E-state index in [9.17, 15) is 13.2 Å². The third-order valence-corrected chi connectivity index (χ3v) is 6.78. The molecule has 3 aromatic carbocycles. The van der Waals surface area contributed by atoms with Gasteiger partial charge >= 0.3 is 0 Å². The van der Waals surface area contributed by atoms with Crippen molar-refractivity contribution in [2.24, 2.45) is 0 Å². The predicted molar refractivity (Wildman–Crippen MR) is 125 cm³/mol. The quantitative estimate of drug-likeness (QED) is 0.548. The minimum absolute atomic E-state index is 0.0501. The van der Waals surface area contributed by atoms with Crippen LogP contribution in [-0.2, 0) is 23.1 Å². The Bertz CT molecular complexity index is 1230. The molecule has 0 spiro atoms. The van der Waals surface area contributed by atoms with Crippen molar-refractivity contribution < 1.29 is 22.7 Å². The summed E-state index contributed by atoms with van der Waals surface area (Å²) in [7, 11) is -3.78. The highest BCUT2D eigenvalue weighted by molar-refractivity contribution is 7.89. The zero-order valence-electron chi connectivity index (χ0n) is 18.4. The molecule has 1 aliphatic heterocycles. The van der Waals surface area contributed by atoms with Gasteiger partial charge in [-0.25, -0.2) is 13.1 Å². The minimum atomic E-state index is -3.78. The lowest BCUT2D eigenvalue weighted by Gasteiger charge is -2.25. The molecule has 0 radical (unpaired) electrons. The van der Waals surface area contributed by atoms with Gasteiger partial charge in [0.05, 0.1) is 4.90 Å². The van der Waals surface area contributed by atoms with E-state index in [4.69, 9.17) is 9.47 Å². The van der Waals surface area contributed by atoms with Crippen LogP contribution < -0.4 is 14.2 Å². The van der Waals surface area contributed by atoms with Gasteiger partial charge in [0.2, 0.25) is 10.0 Å². The van der Waals surface area contributed by atoms with E-state index in [0.29, 0.717) is 43.4 Å². The first-order valence-electron chi connectivity index (χ1n) is 10.8. The van der Waals surface area contributed by atoms with Gasteiger partial charge in [-0.3, -0.25) is 4.79 Å². The van der Waals surface area contributed by atoms with Crippen molar-refractivity contribution in [3.05, 3.63) is 89.5 Å². The minimum Gasteiger partial charge on any atom is -0.486 e. The van der Waals surface area contributed by atoms with Crippen molar-refractivity contribution in [3.8, 4) is 11.5 Å². The fraction of sp³-hybridized carbons (Fsp3) is 0.240. The second-order valence-electron chi connectivity index (χ2n) is 7.60. The SMILES string of the molecule is CCN(Cc1cccc2c1OCCO2)C(=O)c1cccc(S(=O)(=O)NCc2ccccc2)c1. The molecule has 1 amide bonds. The van der Waals surface area contributed by atoms with Gasteiger partial charge in [0.25, 0.3) is 5.91 Å². The number of carbonyl (C=O) groups is 1. The van der Waals surface area contributed by atoms with E-state index in [1.807, 2.05) is 55.5 Å². The third-order valence-electron chi connectivity index (χ3n) is 5.38. The normalized spacial score (nSPS) is 12.9. The van der Waals surface area contributed by atoms with Crippen LogP contribution in [0.5, 0.6) is 11.5 Å². The van der Waals surface area contributed by atoms with Gasteiger partial charge in [-0.05, 0) is 36.8 Å². The highest BCUT2D eigenvalue weighted by Crippen LogP contribution is 2.34. The average Bonchev–Trinajstić information content (AvgIpc) is 2.86. The molecule has 3 aromatic rings. The van der Waals surface area contributed by atoms with Crippen molar-refractivity contribution >= 4 is 15.9 Å². The molecular weight excluding hydrogens is 440 g/mol. The van der Waals surface area contributed by atoms with Gasteiger partial charge in [-0.15, -0.1) is 0 Å². The molecule has 7 nitrogen and oxygen atoms in total. The Hall–Kier alpha value is -3.36. The fourth-order valence-corrected chi connectivity index (χ4v) is 4.69. The molecule has 1 aliphatic rings. The maximum absolute atomic E-state index is 13.2. The van der Waals surface area contributed by atoms with E-state index in [1.54, 1.807) is 17.0 Å². The predicted octanol–water partition coefficient (Wildman–Crippen LogP) is 3.60. The molecule has 0 unspecified atom stereocenters. The van der Waals surface area contributed by atoms with Gasteiger partial charge in [0.15, 0.2) is 11.5 Å². The number of ether oxygens (including phenoxy) is 2. The van der Waals surface area contributed by atoms with Crippen molar-refractivity contribution in [2.75, 3.05) is 19.8 Å². The second kappa shape index (κ2) is 10.1. The maximum Gasteiger partial charge on any atom is 0.254 e. The van der Waals surface area contributed by atoms with Crippen molar-refractivity contribution in [1.82, 2.24) is 9.62 Å². The van der Waals surface area contributed by atoms with E-state index < -0.39 is 10.0 Å². The van der Waals surface area contributed by atoms with Crippen LogP contribution in [0.3, 0.4) is 0 Å². The zero-order chi connectivity index (χ0) is 23.3. The van der Waals surface area contributed by atoms with E-state index in [2.05, 4.69) is 4.72 Å². The number of sulfonamides is 1. The first kappa shape index (κ1) is 22.8. The molecule has 1 N–H and O–H groups in total. The van der Waals surface area contributed by atoms with Gasteiger partial charge in [-0.2, -0.15) is 0 Å². The van der Waals surface area contributed by atoms with Gasteiger partial charge in [0, 0.05) is 30.8 Å². The Kier molecular flexibility index (Phi) is 6.96. The molecule has 0 atom stereocenters. The number of hydrogen-bond donors (Lipinski definition) is 1. The highest BCUT2D eigenvalue weighted by atomic mass is 32.2. The Labute approximate surface area is 194 Å². The van der Waals surface area contributed by atoms with Crippen LogP contribution in [0.4, 0.5) is 0 Å². The molecule has 0 bridgehead atoms. The summed E-state index contributed by atoms with van der Waals surface area (Å²) in [6.45, 7) is 3.78. The van der Waals surface area contributed by atoms with E-state index >= 15 is 0 Å². The summed E-state index contributed by atoms with van der Waals surface area (Å²) < 4.78 is 39.6. The summed E-state index contributed by atoms with van der Waals surface area (Å²) in [6.07, 6.45) is 0. The number of benzene rings is 3. The molecule has 0 saturated carbocycles. The van der Waals surface area contributed by atoms with Crippen LogP contribution in [0, 0.1) is 0 Å². The smallest absolute Gasteiger partial charge is 0.254 e. The summed E-state index contributed by atoms with van der Waals surface area (Å²) >= 11 is 0. The summed E-state index contributed by atoms with van der Waals surface area (Å²) in [4.78, 5) is 14.9. The summed E-state index contributed by atoms with van der Waals surface area (Å²) in [5.74, 6) is 1.06. The Balaban J connectivity index is 1.51. The molecule has 0 aromatic heterocycles. The second-order valence-corrected chi connectivity index (χ2v) is 9.37. The lowest BCUT2D eigenvalue weighted by molar-refractivity contribution is 0.0749. The van der Waals surface area contributed by atoms with Crippen molar-refractivity contribution in [1.29, 1.82) is 0 Å². The van der Waals surface area contributed by atoms with Gasteiger partial charge < -0.3 is 14.4 Å². The molecular formula is C25H26N2O5S. The molecule has 1 heterocycles. The summed E-state index contributed by atoms with van der Waals surface area (Å²) in [5.41, 5.74) is 2.00. The number of para-hydroxylation sites is 1. The number of carbonyl (C=O) groups excluding carboxylic acids is 1. The van der Waals surface area contributed by atoms with Crippen LogP contribution in [0.15, 0.2) is 77.7 Å². The summed E-state index contributed by atoms with van der Waals surface area (Å²) in [6, 6.07) is 21.0. The van der Waals surface area contributed by atoms with Gasteiger partial charge in [0.1, 0.15) is 13.2 Å². The first-order valence-corrected chi connectivity index (χ1v) is 12.3. The molecule has 8 heteroatoms. The monoisotopic (exact) mass is 466 g/mol. The van der Waals surface area contributed by atoms with Crippen LogP contribution in [0.2, 0.25) is 0 Å². The first-order chi connectivity index (χ1) is 16.0. The number of amides is 1. The third kappa shape index (κ3) is 5.35. The summed E-state index contributed by atoms with van der Waals surface area (Å²) in [5, 5.41) is 0. The number of nitrogens with one attached hydrogen (secondary N) is 1.